The molecule has 0 rings (SSSR count). The van der Waals surface area contributed by atoms with Gasteiger partial charge in [0.1, 0.15) is 0 Å². The van der Waals surface area contributed by atoms with Crippen LogP contribution in [0.3, 0.4) is 0 Å². The largest absolute Gasteiger partial charge is 0.481 e. The zero-order chi connectivity index (χ0) is 19.3. The maximum Gasteiger partial charge on any atom is 0.303 e. The van der Waals surface area contributed by atoms with Crippen molar-refractivity contribution in [3.8, 4) is 0 Å². The molecule has 0 bridgehead atoms. The molecular weight excluding hydrogens is 324 g/mol. The maximum atomic E-state index is 10.4. The Kier molecular flexibility index (Phi) is 18.9. The van der Waals surface area contributed by atoms with E-state index in [9.17, 15) is 9.90 Å². The van der Waals surface area contributed by atoms with Crippen LogP contribution in [0.1, 0.15) is 90.4 Å². The fraction of sp³-hybridized carbons (Fsp3) is 0.696. The maximum absolute atomic E-state index is 10.4. The van der Waals surface area contributed by atoms with E-state index in [1.165, 1.54) is 38.5 Å². The lowest BCUT2D eigenvalue weighted by atomic mass is 10.0. The molecule has 0 heterocycles. The Labute approximate surface area is 160 Å². The van der Waals surface area contributed by atoms with E-state index in [1.807, 2.05) is 0 Å². The molecule has 0 radical (unpaired) electrons. The first-order valence-corrected chi connectivity index (χ1v) is 10.5. The number of carbonyl (C=O) groups is 1. The van der Waals surface area contributed by atoms with Crippen molar-refractivity contribution in [2.45, 2.75) is 90.4 Å². The second-order valence-electron chi connectivity index (χ2n) is 7.01. The molecule has 2 N–H and O–H groups in total. The Morgan fingerprint density at radius 1 is 0.846 bits per heavy atom. The first-order valence-electron chi connectivity index (χ1n) is 10.5. The number of aliphatic hydroxyl groups excluding tert-OH is 1. The van der Waals surface area contributed by atoms with Crippen molar-refractivity contribution >= 4 is 5.97 Å². The lowest BCUT2D eigenvalue weighted by Crippen LogP contribution is -2.00. The van der Waals surface area contributed by atoms with Crippen molar-refractivity contribution in [3.05, 3.63) is 36.5 Å². The monoisotopic (exact) mass is 364 g/mol. The zero-order valence-corrected chi connectivity index (χ0v) is 16.7. The van der Waals surface area contributed by atoms with Crippen molar-refractivity contribution in [1.29, 1.82) is 0 Å². The van der Waals surface area contributed by atoms with Gasteiger partial charge in [0.25, 0.3) is 0 Å². The Balaban J connectivity index is 3.67. The second kappa shape index (κ2) is 20.0. The highest BCUT2D eigenvalue weighted by Crippen LogP contribution is 2.09. The number of aliphatic carboxylic acids is 1. The van der Waals surface area contributed by atoms with Gasteiger partial charge in [0.05, 0.1) is 0 Å². The SMILES string of the molecule is CCCCCCCCC=CC=CC(CO)CC=CCCCCCC(=O)O. The minimum Gasteiger partial charge on any atom is -0.481 e. The fourth-order valence-electron chi connectivity index (χ4n) is 2.76. The van der Waals surface area contributed by atoms with E-state index in [1.54, 1.807) is 0 Å². The van der Waals surface area contributed by atoms with Crippen LogP contribution in [0.25, 0.3) is 0 Å². The third-order valence-corrected chi connectivity index (χ3v) is 4.46. The molecule has 0 spiro atoms. The molecule has 3 heteroatoms. The van der Waals surface area contributed by atoms with Crippen molar-refractivity contribution in [2.75, 3.05) is 6.61 Å². The van der Waals surface area contributed by atoms with Crippen LogP contribution in [0.2, 0.25) is 0 Å². The van der Waals surface area contributed by atoms with Gasteiger partial charge in [-0.15, -0.1) is 0 Å². The summed E-state index contributed by atoms with van der Waals surface area (Å²) in [6.45, 7) is 2.42. The van der Waals surface area contributed by atoms with E-state index in [4.69, 9.17) is 5.11 Å². The average Bonchev–Trinajstić information content (AvgIpc) is 2.63. The zero-order valence-electron chi connectivity index (χ0n) is 16.7. The van der Waals surface area contributed by atoms with Gasteiger partial charge in [-0.25, -0.2) is 0 Å². The van der Waals surface area contributed by atoms with Gasteiger partial charge in [-0.2, -0.15) is 0 Å². The highest BCUT2D eigenvalue weighted by atomic mass is 16.4. The number of aliphatic hydroxyl groups is 1. The Bertz CT molecular complexity index is 396. The molecule has 0 aromatic rings. The van der Waals surface area contributed by atoms with Crippen LogP contribution in [0.4, 0.5) is 0 Å². The van der Waals surface area contributed by atoms with Crippen LogP contribution in [0, 0.1) is 5.92 Å². The van der Waals surface area contributed by atoms with Crippen LogP contribution >= 0.6 is 0 Å². The Morgan fingerprint density at radius 3 is 2.19 bits per heavy atom. The molecule has 0 fully saturated rings. The van der Waals surface area contributed by atoms with Gasteiger partial charge >= 0.3 is 5.97 Å². The number of rotatable bonds is 18. The average molecular weight is 365 g/mol. The van der Waals surface area contributed by atoms with Crippen molar-refractivity contribution < 1.29 is 15.0 Å². The summed E-state index contributed by atoms with van der Waals surface area (Å²) in [5.41, 5.74) is 0. The summed E-state index contributed by atoms with van der Waals surface area (Å²) < 4.78 is 0. The van der Waals surface area contributed by atoms with E-state index in [0.29, 0.717) is 0 Å². The third kappa shape index (κ3) is 19.0. The first kappa shape index (κ1) is 24.7. The third-order valence-electron chi connectivity index (χ3n) is 4.46. The molecule has 150 valence electrons. The van der Waals surface area contributed by atoms with E-state index in [-0.39, 0.29) is 18.9 Å². The highest BCUT2D eigenvalue weighted by Gasteiger charge is 1.99. The van der Waals surface area contributed by atoms with Crippen LogP contribution in [0.5, 0.6) is 0 Å². The van der Waals surface area contributed by atoms with Gasteiger partial charge in [-0.05, 0) is 38.5 Å². The van der Waals surface area contributed by atoms with Crippen LogP contribution in [0.15, 0.2) is 36.5 Å². The van der Waals surface area contributed by atoms with Crippen LogP contribution < -0.4 is 0 Å². The molecular formula is C23H40O3. The number of carboxylic acid groups (broad SMARTS) is 1. The molecule has 3 nitrogen and oxygen atoms in total. The predicted octanol–water partition coefficient (Wildman–Crippen LogP) is 6.44. The van der Waals surface area contributed by atoms with Gasteiger partial charge in [0.2, 0.25) is 0 Å². The van der Waals surface area contributed by atoms with E-state index in [0.717, 1.165) is 38.5 Å². The molecule has 0 aliphatic carbocycles. The van der Waals surface area contributed by atoms with Gasteiger partial charge < -0.3 is 10.2 Å². The van der Waals surface area contributed by atoms with Crippen LogP contribution in [-0.4, -0.2) is 22.8 Å². The predicted molar refractivity (Wildman–Crippen MR) is 111 cm³/mol. The van der Waals surface area contributed by atoms with E-state index >= 15 is 0 Å². The van der Waals surface area contributed by atoms with Gasteiger partial charge in [0.15, 0.2) is 0 Å². The Morgan fingerprint density at radius 2 is 1.50 bits per heavy atom. The summed E-state index contributed by atoms with van der Waals surface area (Å²) in [5.74, 6) is -0.531. The quantitative estimate of drug-likeness (QED) is 0.167. The molecule has 0 aliphatic heterocycles. The molecule has 0 aliphatic rings. The molecule has 0 amide bonds. The molecule has 0 saturated carbocycles. The van der Waals surface area contributed by atoms with Gasteiger partial charge in [0, 0.05) is 18.9 Å². The van der Waals surface area contributed by atoms with Gasteiger partial charge in [-0.3, -0.25) is 4.79 Å². The number of unbranched alkanes of at least 4 members (excludes halogenated alkanes) is 9. The summed E-state index contributed by atoms with van der Waals surface area (Å²) in [5, 5.41) is 18.0. The number of allylic oxidation sites excluding steroid dienone is 5. The number of carboxylic acids is 1. The molecule has 1 unspecified atom stereocenters. The molecule has 1 atom stereocenters. The van der Waals surface area contributed by atoms with Gasteiger partial charge in [-0.1, -0.05) is 81.9 Å². The lowest BCUT2D eigenvalue weighted by Gasteiger charge is -2.04. The number of hydrogen-bond donors (Lipinski definition) is 2. The smallest absolute Gasteiger partial charge is 0.303 e. The minimum absolute atomic E-state index is 0.171. The summed E-state index contributed by atoms with van der Waals surface area (Å²) in [7, 11) is 0. The molecule has 0 saturated heterocycles. The molecule has 0 aromatic heterocycles. The highest BCUT2D eigenvalue weighted by molar-refractivity contribution is 5.66. The second-order valence-corrected chi connectivity index (χ2v) is 7.01. The van der Waals surface area contributed by atoms with Crippen LogP contribution in [-0.2, 0) is 4.79 Å². The topological polar surface area (TPSA) is 57.5 Å². The summed E-state index contributed by atoms with van der Waals surface area (Å²) in [4.78, 5) is 10.4. The standard InChI is InChI=1S/C23H40O3/c1-2-3-4-5-6-7-8-9-12-15-18-22(21-24)19-16-13-10-11-14-17-20-23(25)26/h9,12-13,15-16,18,22,24H,2-8,10-11,14,17,19-21H2,1H3,(H,25,26). The normalized spacial score (nSPS) is 13.3. The van der Waals surface area contributed by atoms with E-state index < -0.39 is 5.97 Å². The molecule has 26 heavy (non-hydrogen) atoms. The Hall–Kier alpha value is -1.35. The summed E-state index contributed by atoms with van der Waals surface area (Å²) in [6, 6.07) is 0. The summed E-state index contributed by atoms with van der Waals surface area (Å²) in [6.07, 6.45) is 26.7. The van der Waals surface area contributed by atoms with Crippen molar-refractivity contribution in [1.82, 2.24) is 0 Å². The first-order chi connectivity index (χ1) is 12.7. The number of hydrogen-bond acceptors (Lipinski definition) is 2. The van der Waals surface area contributed by atoms with Crippen molar-refractivity contribution in [3.63, 3.8) is 0 Å². The van der Waals surface area contributed by atoms with E-state index in [2.05, 4.69) is 43.4 Å². The van der Waals surface area contributed by atoms with Crippen molar-refractivity contribution in [2.24, 2.45) is 5.92 Å². The summed E-state index contributed by atoms with van der Waals surface area (Å²) >= 11 is 0. The lowest BCUT2D eigenvalue weighted by molar-refractivity contribution is -0.137. The molecule has 0 aromatic carbocycles. The minimum atomic E-state index is -0.709. The fourth-order valence-corrected chi connectivity index (χ4v) is 2.76.